The van der Waals surface area contributed by atoms with Gasteiger partial charge in [-0.25, -0.2) is 4.39 Å². The Labute approximate surface area is 147 Å². The second-order valence-electron chi connectivity index (χ2n) is 5.74. The Morgan fingerprint density at radius 3 is 2.48 bits per heavy atom. The molecule has 1 aliphatic rings. The summed E-state index contributed by atoms with van der Waals surface area (Å²) >= 11 is 0. The molecule has 130 valence electrons. The second-order valence-corrected chi connectivity index (χ2v) is 5.74. The molecule has 0 unspecified atom stereocenters. The summed E-state index contributed by atoms with van der Waals surface area (Å²) in [5, 5.41) is 0. The van der Waals surface area contributed by atoms with Gasteiger partial charge in [0.1, 0.15) is 17.3 Å². The highest BCUT2D eigenvalue weighted by molar-refractivity contribution is 5.71. The summed E-state index contributed by atoms with van der Waals surface area (Å²) in [6, 6.07) is 8.81. The van der Waals surface area contributed by atoms with E-state index in [9.17, 15) is 4.39 Å². The first-order chi connectivity index (χ1) is 12.2. The zero-order valence-electron chi connectivity index (χ0n) is 14.6. The molecule has 0 atom stereocenters. The van der Waals surface area contributed by atoms with E-state index in [1.807, 2.05) is 37.3 Å². The number of fused-ring (bicyclic) bond motifs is 1. The van der Waals surface area contributed by atoms with Gasteiger partial charge in [-0.3, -0.25) is 0 Å². The van der Waals surface area contributed by atoms with Crippen molar-refractivity contribution >= 4 is 5.76 Å². The zero-order valence-corrected chi connectivity index (χ0v) is 14.6. The van der Waals surface area contributed by atoms with Crippen LogP contribution in [0.3, 0.4) is 0 Å². The van der Waals surface area contributed by atoms with Gasteiger partial charge in [0.2, 0.25) is 0 Å². The highest BCUT2D eigenvalue weighted by Crippen LogP contribution is 2.36. The predicted octanol–water partition coefficient (Wildman–Crippen LogP) is 4.94. The Balaban J connectivity index is 1.99. The van der Waals surface area contributed by atoms with E-state index in [1.165, 1.54) is 6.07 Å². The Morgan fingerprint density at radius 1 is 1.04 bits per heavy atom. The van der Waals surface area contributed by atoms with Crippen molar-refractivity contribution in [3.63, 3.8) is 0 Å². The standard InChI is InChI=1S/C21H21FO3/c1-4-14-9-10-16(12-18(14)22)25-19-8-6-5-7-15-11-20(23-2)21(24-3)13-17(15)19/h5-6,8-13H,4,7H2,1-3H3. The number of allylic oxidation sites excluding steroid dienone is 3. The van der Waals surface area contributed by atoms with E-state index >= 15 is 0 Å². The van der Waals surface area contributed by atoms with Crippen LogP contribution in [0.2, 0.25) is 0 Å². The molecule has 0 spiro atoms. The van der Waals surface area contributed by atoms with Gasteiger partial charge in [0.05, 0.1) is 14.2 Å². The van der Waals surface area contributed by atoms with Crippen molar-refractivity contribution in [1.82, 2.24) is 0 Å². The molecular weight excluding hydrogens is 319 g/mol. The van der Waals surface area contributed by atoms with Gasteiger partial charge in [-0.05, 0) is 48.2 Å². The zero-order chi connectivity index (χ0) is 17.8. The highest BCUT2D eigenvalue weighted by atomic mass is 19.1. The van der Waals surface area contributed by atoms with Crippen molar-refractivity contribution < 1.29 is 18.6 Å². The van der Waals surface area contributed by atoms with Crippen molar-refractivity contribution in [2.24, 2.45) is 0 Å². The monoisotopic (exact) mass is 340 g/mol. The SMILES string of the molecule is CCc1ccc(OC2=CC=CCc3cc(OC)c(OC)cc32)cc1F. The van der Waals surface area contributed by atoms with E-state index in [0.29, 0.717) is 35.0 Å². The molecule has 3 rings (SSSR count). The second kappa shape index (κ2) is 7.43. The molecule has 0 heterocycles. The molecule has 0 aromatic heterocycles. The third kappa shape index (κ3) is 3.53. The van der Waals surface area contributed by atoms with Crippen LogP contribution in [0.4, 0.5) is 4.39 Å². The Bertz CT molecular complexity index is 837. The van der Waals surface area contributed by atoms with Crippen LogP contribution < -0.4 is 14.2 Å². The van der Waals surface area contributed by atoms with Gasteiger partial charge in [-0.2, -0.15) is 0 Å². The number of halogens is 1. The van der Waals surface area contributed by atoms with Crippen LogP contribution in [0.1, 0.15) is 23.6 Å². The molecule has 0 bridgehead atoms. The summed E-state index contributed by atoms with van der Waals surface area (Å²) in [6.07, 6.45) is 7.26. The summed E-state index contributed by atoms with van der Waals surface area (Å²) in [5.41, 5.74) is 2.64. The number of hydrogen-bond donors (Lipinski definition) is 0. The van der Waals surface area contributed by atoms with E-state index in [4.69, 9.17) is 14.2 Å². The summed E-state index contributed by atoms with van der Waals surface area (Å²) in [4.78, 5) is 0. The quantitative estimate of drug-likeness (QED) is 0.772. The number of hydrogen-bond acceptors (Lipinski definition) is 3. The van der Waals surface area contributed by atoms with Crippen LogP contribution in [-0.2, 0) is 12.8 Å². The molecule has 0 aliphatic heterocycles. The van der Waals surface area contributed by atoms with Crippen LogP contribution in [0, 0.1) is 5.82 Å². The lowest BCUT2D eigenvalue weighted by molar-refractivity contribution is 0.354. The lowest BCUT2D eigenvalue weighted by Gasteiger charge is -2.16. The topological polar surface area (TPSA) is 27.7 Å². The van der Waals surface area contributed by atoms with Crippen LogP contribution in [0.25, 0.3) is 5.76 Å². The summed E-state index contributed by atoms with van der Waals surface area (Å²) < 4.78 is 30.8. The first kappa shape index (κ1) is 17.1. The molecule has 4 heteroatoms. The van der Waals surface area contributed by atoms with E-state index in [1.54, 1.807) is 26.4 Å². The van der Waals surface area contributed by atoms with Crippen molar-refractivity contribution in [1.29, 1.82) is 0 Å². The van der Waals surface area contributed by atoms with Crippen molar-refractivity contribution in [2.45, 2.75) is 19.8 Å². The molecule has 3 nitrogen and oxygen atoms in total. The summed E-state index contributed by atoms with van der Waals surface area (Å²) in [5.74, 6) is 2.17. The van der Waals surface area contributed by atoms with Crippen LogP contribution in [0.15, 0.2) is 48.6 Å². The van der Waals surface area contributed by atoms with E-state index < -0.39 is 0 Å². The fourth-order valence-electron chi connectivity index (χ4n) is 2.85. The Kier molecular flexibility index (Phi) is 5.08. The number of aryl methyl sites for hydroxylation is 1. The third-order valence-electron chi connectivity index (χ3n) is 4.23. The maximum Gasteiger partial charge on any atom is 0.161 e. The maximum absolute atomic E-state index is 14.0. The van der Waals surface area contributed by atoms with E-state index in [-0.39, 0.29) is 5.82 Å². The fraction of sp³-hybridized carbons (Fsp3) is 0.238. The van der Waals surface area contributed by atoms with Gasteiger partial charge in [-0.15, -0.1) is 0 Å². The van der Waals surface area contributed by atoms with Gasteiger partial charge in [0.15, 0.2) is 11.5 Å². The molecule has 0 radical (unpaired) electrons. The molecule has 25 heavy (non-hydrogen) atoms. The van der Waals surface area contributed by atoms with Gasteiger partial charge >= 0.3 is 0 Å². The fourth-order valence-corrected chi connectivity index (χ4v) is 2.85. The van der Waals surface area contributed by atoms with Crippen LogP contribution >= 0.6 is 0 Å². The minimum atomic E-state index is -0.253. The van der Waals surface area contributed by atoms with Gasteiger partial charge in [0.25, 0.3) is 0 Å². The van der Waals surface area contributed by atoms with Crippen LogP contribution in [0.5, 0.6) is 17.2 Å². The minimum absolute atomic E-state index is 0.253. The molecule has 1 aliphatic carbocycles. The number of rotatable bonds is 5. The first-order valence-corrected chi connectivity index (χ1v) is 8.24. The Hall–Kier alpha value is -2.75. The average Bonchev–Trinajstić information content (AvgIpc) is 2.82. The molecule has 2 aromatic rings. The maximum atomic E-state index is 14.0. The van der Waals surface area contributed by atoms with E-state index in [0.717, 1.165) is 17.5 Å². The molecule has 2 aromatic carbocycles. The predicted molar refractivity (Wildman–Crippen MR) is 96.8 cm³/mol. The average molecular weight is 340 g/mol. The highest BCUT2D eigenvalue weighted by Gasteiger charge is 2.17. The Morgan fingerprint density at radius 2 is 1.80 bits per heavy atom. The van der Waals surface area contributed by atoms with Gasteiger partial charge in [0, 0.05) is 11.6 Å². The van der Waals surface area contributed by atoms with Gasteiger partial charge in [-0.1, -0.05) is 25.1 Å². The number of benzene rings is 2. The lowest BCUT2D eigenvalue weighted by Crippen LogP contribution is -2.01. The molecule has 0 fully saturated rings. The van der Waals surface area contributed by atoms with Gasteiger partial charge < -0.3 is 14.2 Å². The molecule has 0 amide bonds. The van der Waals surface area contributed by atoms with Crippen molar-refractivity contribution in [3.05, 3.63) is 71.1 Å². The third-order valence-corrected chi connectivity index (χ3v) is 4.23. The van der Waals surface area contributed by atoms with Crippen LogP contribution in [-0.4, -0.2) is 14.2 Å². The van der Waals surface area contributed by atoms with Crippen molar-refractivity contribution in [3.8, 4) is 17.2 Å². The minimum Gasteiger partial charge on any atom is -0.493 e. The molecular formula is C21H21FO3. The first-order valence-electron chi connectivity index (χ1n) is 8.24. The summed E-state index contributed by atoms with van der Waals surface area (Å²) in [6.45, 7) is 1.92. The lowest BCUT2D eigenvalue weighted by atomic mass is 10.0. The molecule has 0 N–H and O–H groups in total. The molecule has 0 saturated heterocycles. The summed E-state index contributed by atoms with van der Waals surface area (Å²) in [7, 11) is 3.21. The molecule has 0 saturated carbocycles. The number of methoxy groups -OCH3 is 2. The largest absolute Gasteiger partial charge is 0.493 e. The number of ether oxygens (including phenoxy) is 3. The smallest absolute Gasteiger partial charge is 0.161 e. The van der Waals surface area contributed by atoms with E-state index in [2.05, 4.69) is 0 Å². The normalized spacial score (nSPS) is 12.9. The van der Waals surface area contributed by atoms with Crippen molar-refractivity contribution in [2.75, 3.05) is 14.2 Å².